The van der Waals surface area contributed by atoms with Crippen molar-refractivity contribution in [3.63, 3.8) is 0 Å². The molecule has 1 aliphatic carbocycles. The molecule has 0 aromatic rings. The number of aliphatic hydroxyl groups excluding tert-OH is 1. The van der Waals surface area contributed by atoms with Crippen LogP contribution >= 0.6 is 0 Å². The van der Waals surface area contributed by atoms with E-state index in [1.807, 2.05) is 0 Å². The molecule has 1 saturated carbocycles. The van der Waals surface area contributed by atoms with E-state index in [0.29, 0.717) is 12.5 Å². The molecule has 2 N–H and O–H groups in total. The van der Waals surface area contributed by atoms with Gasteiger partial charge in [0, 0.05) is 19.2 Å². The first-order chi connectivity index (χ1) is 8.06. The minimum atomic E-state index is -0.186. The van der Waals surface area contributed by atoms with E-state index in [4.69, 9.17) is 5.11 Å². The molecule has 1 aliphatic heterocycles. The summed E-state index contributed by atoms with van der Waals surface area (Å²) in [5.74, 6) is 0.183. The molecule has 0 radical (unpaired) electrons. The van der Waals surface area contributed by atoms with Crippen LogP contribution in [-0.4, -0.2) is 46.7 Å². The van der Waals surface area contributed by atoms with Gasteiger partial charge in [-0.15, -0.1) is 0 Å². The Hall–Kier alpha value is -0.610. The average molecular weight is 240 g/mol. The van der Waals surface area contributed by atoms with Gasteiger partial charge in [0.05, 0.1) is 11.6 Å². The van der Waals surface area contributed by atoms with Crippen molar-refractivity contribution in [1.29, 1.82) is 0 Å². The lowest BCUT2D eigenvalue weighted by Crippen LogP contribution is -2.67. The van der Waals surface area contributed by atoms with Crippen molar-refractivity contribution >= 4 is 5.91 Å². The summed E-state index contributed by atoms with van der Waals surface area (Å²) >= 11 is 0. The highest BCUT2D eigenvalue weighted by molar-refractivity contribution is 5.84. The second kappa shape index (κ2) is 4.94. The molecular weight excluding hydrogens is 216 g/mol. The second-order valence-electron chi connectivity index (χ2n) is 5.90. The van der Waals surface area contributed by atoms with Gasteiger partial charge >= 0.3 is 0 Å². The molecule has 2 rings (SSSR count). The zero-order chi connectivity index (χ0) is 12.5. The van der Waals surface area contributed by atoms with Gasteiger partial charge in [0.1, 0.15) is 0 Å². The minimum Gasteiger partial charge on any atom is -0.396 e. The molecule has 2 fully saturated rings. The van der Waals surface area contributed by atoms with Crippen LogP contribution in [0.25, 0.3) is 0 Å². The molecule has 1 heterocycles. The predicted molar refractivity (Wildman–Crippen MR) is 66.7 cm³/mol. The number of amides is 1. The first kappa shape index (κ1) is 12.8. The number of hydrogen-bond donors (Lipinski definition) is 2. The summed E-state index contributed by atoms with van der Waals surface area (Å²) in [6.07, 6.45) is 5.28. The van der Waals surface area contributed by atoms with E-state index in [-0.39, 0.29) is 24.1 Å². The van der Waals surface area contributed by atoms with Crippen molar-refractivity contribution in [3.8, 4) is 0 Å². The van der Waals surface area contributed by atoms with Crippen molar-refractivity contribution in [1.82, 2.24) is 10.2 Å². The topological polar surface area (TPSA) is 52.6 Å². The predicted octanol–water partition coefficient (Wildman–Crippen LogP) is 0.890. The van der Waals surface area contributed by atoms with Gasteiger partial charge in [0.25, 0.3) is 0 Å². The van der Waals surface area contributed by atoms with Gasteiger partial charge in [0.2, 0.25) is 5.91 Å². The van der Waals surface area contributed by atoms with Crippen molar-refractivity contribution < 1.29 is 9.90 Å². The van der Waals surface area contributed by atoms with E-state index in [9.17, 15) is 4.79 Å². The maximum absolute atomic E-state index is 12.5. The van der Waals surface area contributed by atoms with E-state index in [1.165, 1.54) is 12.8 Å². The standard InChI is InChI=1S/C13H24N2O2/c1-13(2)9-14-11(7-8-16)12(17)15(13)10-5-3-4-6-10/h10-11,14,16H,3-9H2,1-2H3. The van der Waals surface area contributed by atoms with E-state index in [0.717, 1.165) is 19.4 Å². The molecule has 17 heavy (non-hydrogen) atoms. The van der Waals surface area contributed by atoms with E-state index in [1.54, 1.807) is 0 Å². The number of carbonyl (C=O) groups is 1. The molecule has 98 valence electrons. The van der Waals surface area contributed by atoms with Gasteiger partial charge in [-0.2, -0.15) is 0 Å². The van der Waals surface area contributed by atoms with Crippen LogP contribution in [0.5, 0.6) is 0 Å². The van der Waals surface area contributed by atoms with Crippen molar-refractivity contribution in [2.24, 2.45) is 0 Å². The van der Waals surface area contributed by atoms with Gasteiger partial charge in [-0.3, -0.25) is 4.79 Å². The molecule has 0 spiro atoms. The SMILES string of the molecule is CC1(C)CNC(CCO)C(=O)N1C1CCCC1. The van der Waals surface area contributed by atoms with Gasteiger partial charge in [-0.1, -0.05) is 12.8 Å². The molecule has 1 saturated heterocycles. The monoisotopic (exact) mass is 240 g/mol. The Morgan fingerprint density at radius 1 is 1.41 bits per heavy atom. The highest BCUT2D eigenvalue weighted by Crippen LogP contribution is 2.31. The number of piperazine rings is 1. The highest BCUT2D eigenvalue weighted by atomic mass is 16.3. The lowest BCUT2D eigenvalue weighted by atomic mass is 9.93. The summed E-state index contributed by atoms with van der Waals surface area (Å²) in [5, 5.41) is 12.3. The highest BCUT2D eigenvalue weighted by Gasteiger charge is 2.43. The van der Waals surface area contributed by atoms with Crippen molar-refractivity contribution in [2.45, 2.75) is 63.6 Å². The summed E-state index contributed by atoms with van der Waals surface area (Å²) in [6, 6.07) is 0.231. The Balaban J connectivity index is 2.14. The van der Waals surface area contributed by atoms with Crippen LogP contribution in [0.4, 0.5) is 0 Å². The summed E-state index contributed by atoms with van der Waals surface area (Å²) < 4.78 is 0. The Bertz CT molecular complexity index is 285. The van der Waals surface area contributed by atoms with Crippen LogP contribution in [0.2, 0.25) is 0 Å². The molecule has 2 aliphatic rings. The zero-order valence-corrected chi connectivity index (χ0v) is 10.9. The maximum atomic E-state index is 12.5. The molecule has 0 aromatic carbocycles. The Morgan fingerprint density at radius 3 is 2.65 bits per heavy atom. The van der Waals surface area contributed by atoms with E-state index < -0.39 is 0 Å². The van der Waals surface area contributed by atoms with Gasteiger partial charge in [-0.05, 0) is 33.1 Å². The molecule has 1 atom stereocenters. The molecular formula is C13H24N2O2. The fourth-order valence-electron chi connectivity index (χ4n) is 3.20. The third-order valence-electron chi connectivity index (χ3n) is 4.08. The quantitative estimate of drug-likeness (QED) is 0.770. The fraction of sp³-hybridized carbons (Fsp3) is 0.923. The van der Waals surface area contributed by atoms with Crippen molar-refractivity contribution in [3.05, 3.63) is 0 Å². The molecule has 1 amide bonds. The summed E-state index contributed by atoms with van der Waals surface area (Å²) in [4.78, 5) is 14.6. The van der Waals surface area contributed by atoms with Crippen LogP contribution in [0.15, 0.2) is 0 Å². The van der Waals surface area contributed by atoms with Crippen LogP contribution in [-0.2, 0) is 4.79 Å². The van der Waals surface area contributed by atoms with Gasteiger partial charge < -0.3 is 15.3 Å². The Kier molecular flexibility index (Phi) is 3.73. The number of aliphatic hydroxyl groups is 1. The zero-order valence-electron chi connectivity index (χ0n) is 10.9. The third kappa shape index (κ3) is 2.47. The number of rotatable bonds is 3. The molecule has 4 heteroatoms. The third-order valence-corrected chi connectivity index (χ3v) is 4.08. The van der Waals surface area contributed by atoms with Crippen LogP contribution < -0.4 is 5.32 Å². The maximum Gasteiger partial charge on any atom is 0.240 e. The molecule has 1 unspecified atom stereocenters. The normalized spacial score (nSPS) is 29.9. The Labute approximate surface area is 103 Å². The lowest BCUT2D eigenvalue weighted by Gasteiger charge is -2.49. The van der Waals surface area contributed by atoms with E-state index in [2.05, 4.69) is 24.1 Å². The van der Waals surface area contributed by atoms with Gasteiger partial charge in [0.15, 0.2) is 0 Å². The number of nitrogens with one attached hydrogen (secondary N) is 1. The lowest BCUT2D eigenvalue weighted by molar-refractivity contribution is -0.147. The molecule has 4 nitrogen and oxygen atoms in total. The number of hydrogen-bond acceptors (Lipinski definition) is 3. The van der Waals surface area contributed by atoms with Crippen LogP contribution in [0.3, 0.4) is 0 Å². The first-order valence-electron chi connectivity index (χ1n) is 6.73. The van der Waals surface area contributed by atoms with Crippen molar-refractivity contribution in [2.75, 3.05) is 13.2 Å². The fourth-order valence-corrected chi connectivity index (χ4v) is 3.20. The summed E-state index contributed by atoms with van der Waals surface area (Å²) in [6.45, 7) is 5.15. The number of carbonyl (C=O) groups excluding carboxylic acids is 1. The van der Waals surface area contributed by atoms with E-state index >= 15 is 0 Å². The smallest absolute Gasteiger partial charge is 0.240 e. The van der Waals surface area contributed by atoms with Crippen LogP contribution in [0.1, 0.15) is 46.0 Å². The minimum absolute atomic E-state index is 0.0718. The number of nitrogens with zero attached hydrogens (tertiary/aromatic N) is 1. The largest absolute Gasteiger partial charge is 0.396 e. The Morgan fingerprint density at radius 2 is 2.06 bits per heavy atom. The molecule has 0 aromatic heterocycles. The molecule has 0 bridgehead atoms. The van der Waals surface area contributed by atoms with Crippen LogP contribution in [0, 0.1) is 0 Å². The second-order valence-corrected chi connectivity index (χ2v) is 5.90. The summed E-state index contributed by atoms with van der Waals surface area (Å²) in [5.41, 5.74) is -0.0992. The average Bonchev–Trinajstić information content (AvgIpc) is 2.75. The van der Waals surface area contributed by atoms with Gasteiger partial charge in [-0.25, -0.2) is 0 Å². The summed E-state index contributed by atoms with van der Waals surface area (Å²) in [7, 11) is 0. The first-order valence-corrected chi connectivity index (χ1v) is 6.73.